The van der Waals surface area contributed by atoms with Crippen LogP contribution >= 0.6 is 0 Å². The molecular weight excluding hydrogens is 444 g/mol. The zero-order chi connectivity index (χ0) is 24.0. The Labute approximate surface area is 195 Å². The Morgan fingerprint density at radius 1 is 1.09 bits per heavy atom. The third-order valence-electron chi connectivity index (χ3n) is 5.52. The van der Waals surface area contributed by atoms with E-state index in [1.54, 1.807) is 19.2 Å². The zero-order valence-corrected chi connectivity index (χ0v) is 20.0. The van der Waals surface area contributed by atoms with Gasteiger partial charge in [-0.25, -0.2) is 8.42 Å². The summed E-state index contributed by atoms with van der Waals surface area (Å²) in [5, 5.41) is 0. The van der Waals surface area contributed by atoms with Gasteiger partial charge in [0.1, 0.15) is 11.8 Å². The third kappa shape index (κ3) is 6.11. The van der Waals surface area contributed by atoms with E-state index in [0.717, 1.165) is 16.9 Å². The first-order valence-electron chi connectivity index (χ1n) is 10.9. The molecule has 0 N–H and O–H groups in total. The molecule has 3 rings (SSSR count). The third-order valence-corrected chi connectivity index (χ3v) is 7.44. The van der Waals surface area contributed by atoms with Crippen molar-refractivity contribution in [3.63, 3.8) is 0 Å². The van der Waals surface area contributed by atoms with Gasteiger partial charge in [0.15, 0.2) is 6.61 Å². The van der Waals surface area contributed by atoms with E-state index in [9.17, 15) is 18.0 Å². The summed E-state index contributed by atoms with van der Waals surface area (Å²) in [7, 11) is -2.20. The zero-order valence-electron chi connectivity index (χ0n) is 19.2. The SMILES string of the molecule is CCOc1ccc(CN(C)C(=O)COC(=O)[C@@H]2CCCN2S(=O)(=O)c2ccc(C)cc2)cc1. The molecule has 0 aromatic heterocycles. The summed E-state index contributed by atoms with van der Waals surface area (Å²) in [6.45, 7) is 4.50. The van der Waals surface area contributed by atoms with E-state index >= 15 is 0 Å². The van der Waals surface area contributed by atoms with Gasteiger partial charge in [0.2, 0.25) is 10.0 Å². The number of carbonyl (C=O) groups is 2. The monoisotopic (exact) mass is 474 g/mol. The Bertz CT molecular complexity index is 1070. The lowest BCUT2D eigenvalue weighted by atomic mass is 10.2. The molecule has 178 valence electrons. The molecule has 1 saturated heterocycles. The van der Waals surface area contributed by atoms with E-state index < -0.39 is 28.6 Å². The molecule has 2 aromatic rings. The number of likely N-dealkylation sites (N-methyl/N-ethyl adjacent to an activating group) is 1. The summed E-state index contributed by atoms with van der Waals surface area (Å²) in [5.74, 6) is -0.319. The molecule has 1 heterocycles. The molecule has 8 nitrogen and oxygen atoms in total. The summed E-state index contributed by atoms with van der Waals surface area (Å²) in [6, 6.07) is 13.0. The second kappa shape index (κ2) is 10.8. The van der Waals surface area contributed by atoms with Gasteiger partial charge in [0.25, 0.3) is 5.91 Å². The number of aryl methyl sites for hydroxylation is 1. The maximum Gasteiger partial charge on any atom is 0.324 e. The number of nitrogens with zero attached hydrogens (tertiary/aromatic N) is 2. The van der Waals surface area contributed by atoms with E-state index in [1.165, 1.54) is 21.3 Å². The van der Waals surface area contributed by atoms with Crippen LogP contribution in [-0.2, 0) is 30.9 Å². The molecule has 2 aromatic carbocycles. The van der Waals surface area contributed by atoms with Crippen LogP contribution in [-0.4, -0.2) is 62.3 Å². The molecular formula is C24H30N2O6S. The lowest BCUT2D eigenvalue weighted by molar-refractivity contribution is -0.154. The number of esters is 1. The first-order valence-corrected chi connectivity index (χ1v) is 12.4. The molecule has 0 bridgehead atoms. The van der Waals surface area contributed by atoms with E-state index in [0.29, 0.717) is 26.0 Å². The lowest BCUT2D eigenvalue weighted by Gasteiger charge is -2.23. The van der Waals surface area contributed by atoms with Gasteiger partial charge >= 0.3 is 5.97 Å². The summed E-state index contributed by atoms with van der Waals surface area (Å²) >= 11 is 0. The fraction of sp³-hybridized carbons (Fsp3) is 0.417. The highest BCUT2D eigenvalue weighted by molar-refractivity contribution is 7.89. The number of hydrogen-bond donors (Lipinski definition) is 0. The van der Waals surface area contributed by atoms with Crippen LogP contribution in [0.5, 0.6) is 5.75 Å². The van der Waals surface area contributed by atoms with Gasteiger partial charge in [-0.3, -0.25) is 9.59 Å². The van der Waals surface area contributed by atoms with Gasteiger partial charge in [-0.1, -0.05) is 29.8 Å². The van der Waals surface area contributed by atoms with Crippen molar-refractivity contribution < 1.29 is 27.5 Å². The van der Waals surface area contributed by atoms with Crippen LogP contribution in [0.1, 0.15) is 30.9 Å². The molecule has 0 saturated carbocycles. The average Bonchev–Trinajstić information content (AvgIpc) is 3.30. The second-order valence-electron chi connectivity index (χ2n) is 8.02. The molecule has 0 radical (unpaired) electrons. The molecule has 9 heteroatoms. The highest BCUT2D eigenvalue weighted by Gasteiger charge is 2.40. The number of amides is 1. The predicted octanol–water partition coefficient (Wildman–Crippen LogP) is 2.75. The van der Waals surface area contributed by atoms with Crippen LogP contribution in [0.25, 0.3) is 0 Å². The van der Waals surface area contributed by atoms with Gasteiger partial charge < -0.3 is 14.4 Å². The van der Waals surface area contributed by atoms with Gasteiger partial charge in [-0.05, 0) is 56.5 Å². The van der Waals surface area contributed by atoms with Gasteiger partial charge in [0, 0.05) is 20.1 Å². The van der Waals surface area contributed by atoms with E-state index in [1.807, 2.05) is 38.1 Å². The minimum atomic E-state index is -3.83. The molecule has 33 heavy (non-hydrogen) atoms. The molecule has 0 aliphatic carbocycles. The van der Waals surface area contributed by atoms with Gasteiger partial charge in [-0.2, -0.15) is 4.31 Å². The number of benzene rings is 2. The highest BCUT2D eigenvalue weighted by atomic mass is 32.2. The summed E-state index contributed by atoms with van der Waals surface area (Å²) in [6.07, 6.45) is 0.913. The number of sulfonamides is 1. The second-order valence-corrected chi connectivity index (χ2v) is 9.91. The Kier molecular flexibility index (Phi) is 8.10. The molecule has 1 aliphatic heterocycles. The molecule has 0 spiro atoms. The number of hydrogen-bond acceptors (Lipinski definition) is 6. The Balaban J connectivity index is 1.56. The molecule has 1 aliphatic rings. The van der Waals surface area contributed by atoms with Crippen molar-refractivity contribution in [3.05, 3.63) is 59.7 Å². The fourth-order valence-corrected chi connectivity index (χ4v) is 5.31. The number of rotatable bonds is 9. The van der Waals surface area contributed by atoms with E-state index in [2.05, 4.69) is 0 Å². The van der Waals surface area contributed by atoms with Crippen molar-refractivity contribution >= 4 is 21.9 Å². The average molecular weight is 475 g/mol. The largest absolute Gasteiger partial charge is 0.494 e. The minimum Gasteiger partial charge on any atom is -0.494 e. The first-order chi connectivity index (χ1) is 15.7. The molecule has 1 amide bonds. The van der Waals surface area contributed by atoms with Crippen molar-refractivity contribution in [1.29, 1.82) is 0 Å². The normalized spacial score (nSPS) is 16.4. The standard InChI is InChI=1S/C24H30N2O6S/c1-4-31-20-11-9-19(10-12-20)16-25(3)23(27)17-32-24(28)22-6-5-15-26(22)33(29,30)21-13-7-18(2)8-14-21/h7-14,22H,4-6,15-17H2,1-3H3/t22-/m0/s1. The van der Waals surface area contributed by atoms with Crippen molar-refractivity contribution in [2.75, 3.05) is 26.8 Å². The summed E-state index contributed by atoms with van der Waals surface area (Å²) < 4.78 is 37.8. The quantitative estimate of drug-likeness (QED) is 0.519. The van der Waals surface area contributed by atoms with E-state index in [4.69, 9.17) is 9.47 Å². The van der Waals surface area contributed by atoms with Gasteiger partial charge in [0.05, 0.1) is 11.5 Å². The van der Waals surface area contributed by atoms with Crippen LogP contribution in [0.3, 0.4) is 0 Å². The fourth-order valence-electron chi connectivity index (χ4n) is 3.67. The van der Waals surface area contributed by atoms with Crippen LogP contribution in [0.15, 0.2) is 53.4 Å². The van der Waals surface area contributed by atoms with E-state index in [-0.39, 0.29) is 17.3 Å². The predicted molar refractivity (Wildman–Crippen MR) is 123 cm³/mol. The first kappa shape index (κ1) is 24.7. The summed E-state index contributed by atoms with van der Waals surface area (Å²) in [4.78, 5) is 26.7. The summed E-state index contributed by atoms with van der Waals surface area (Å²) in [5.41, 5.74) is 1.85. The van der Waals surface area contributed by atoms with Crippen LogP contribution in [0, 0.1) is 6.92 Å². The van der Waals surface area contributed by atoms with Crippen molar-refractivity contribution in [1.82, 2.24) is 9.21 Å². The number of ether oxygens (including phenoxy) is 2. The Hall–Kier alpha value is -2.91. The molecule has 0 unspecified atom stereocenters. The van der Waals surface area contributed by atoms with Crippen LogP contribution in [0.2, 0.25) is 0 Å². The molecule has 1 atom stereocenters. The molecule has 1 fully saturated rings. The van der Waals surface area contributed by atoms with Crippen LogP contribution < -0.4 is 4.74 Å². The van der Waals surface area contributed by atoms with Crippen LogP contribution in [0.4, 0.5) is 0 Å². The number of carbonyl (C=O) groups excluding carboxylic acids is 2. The smallest absolute Gasteiger partial charge is 0.324 e. The lowest BCUT2D eigenvalue weighted by Crippen LogP contribution is -2.42. The minimum absolute atomic E-state index is 0.138. The van der Waals surface area contributed by atoms with Crippen molar-refractivity contribution in [3.8, 4) is 5.75 Å². The Morgan fingerprint density at radius 2 is 1.76 bits per heavy atom. The van der Waals surface area contributed by atoms with Gasteiger partial charge in [-0.15, -0.1) is 0 Å². The highest BCUT2D eigenvalue weighted by Crippen LogP contribution is 2.27. The van der Waals surface area contributed by atoms with Crippen molar-refractivity contribution in [2.24, 2.45) is 0 Å². The maximum absolute atomic E-state index is 13.0. The maximum atomic E-state index is 13.0. The Morgan fingerprint density at radius 3 is 2.39 bits per heavy atom. The topological polar surface area (TPSA) is 93.2 Å². The van der Waals surface area contributed by atoms with Crippen molar-refractivity contribution in [2.45, 2.75) is 44.2 Å².